The van der Waals surface area contributed by atoms with Crippen molar-refractivity contribution in [1.82, 2.24) is 4.90 Å². The molecule has 2 atom stereocenters. The van der Waals surface area contributed by atoms with Crippen LogP contribution in [0.3, 0.4) is 0 Å². The van der Waals surface area contributed by atoms with Crippen molar-refractivity contribution in [2.75, 3.05) is 19.7 Å². The van der Waals surface area contributed by atoms with E-state index in [1.54, 1.807) is 17.9 Å². The minimum absolute atomic E-state index is 0.0820. The van der Waals surface area contributed by atoms with Gasteiger partial charge in [0, 0.05) is 12.1 Å². The number of nitrogens with zero attached hydrogens (tertiary/aromatic N) is 1. The van der Waals surface area contributed by atoms with Gasteiger partial charge in [-0.15, -0.1) is 0 Å². The minimum atomic E-state index is -1.04. The molecule has 2 heterocycles. The quantitative estimate of drug-likeness (QED) is 0.884. The van der Waals surface area contributed by atoms with E-state index in [-0.39, 0.29) is 18.6 Å². The molecular formula is C16H19NO5. The summed E-state index contributed by atoms with van der Waals surface area (Å²) >= 11 is 0. The average Bonchev–Trinajstić information content (AvgIpc) is 2.53. The van der Waals surface area contributed by atoms with Crippen LogP contribution in [0.4, 0.5) is 0 Å². The van der Waals surface area contributed by atoms with E-state index in [0.29, 0.717) is 25.3 Å². The molecule has 0 aromatic heterocycles. The highest BCUT2D eigenvalue weighted by molar-refractivity contribution is 5.95. The van der Waals surface area contributed by atoms with Crippen LogP contribution >= 0.6 is 0 Å². The Kier molecular flexibility index (Phi) is 4.13. The Hall–Kier alpha value is -1.92. The first kappa shape index (κ1) is 15.0. The van der Waals surface area contributed by atoms with Gasteiger partial charge in [0.1, 0.15) is 0 Å². The number of hydrogen-bond acceptors (Lipinski definition) is 4. The molecule has 1 amide bonds. The number of fused-ring (bicyclic) bond motifs is 1. The van der Waals surface area contributed by atoms with Crippen LogP contribution < -0.4 is 0 Å². The minimum Gasteiger partial charge on any atom is -0.479 e. The molecule has 0 spiro atoms. The normalized spacial score (nSPS) is 24.7. The molecule has 0 aliphatic carbocycles. The summed E-state index contributed by atoms with van der Waals surface area (Å²) in [6, 6.07) is 5.60. The maximum absolute atomic E-state index is 12.6. The molecule has 3 rings (SSSR count). The second kappa shape index (κ2) is 6.06. The summed E-state index contributed by atoms with van der Waals surface area (Å²) in [4.78, 5) is 25.3. The number of amides is 1. The Bertz CT molecular complexity index is 600. The third kappa shape index (κ3) is 2.98. The van der Waals surface area contributed by atoms with Crippen LogP contribution in [0.5, 0.6) is 0 Å². The van der Waals surface area contributed by atoms with Gasteiger partial charge in [0.25, 0.3) is 5.91 Å². The van der Waals surface area contributed by atoms with Gasteiger partial charge in [-0.25, -0.2) is 4.79 Å². The van der Waals surface area contributed by atoms with E-state index >= 15 is 0 Å². The summed E-state index contributed by atoms with van der Waals surface area (Å²) in [6.45, 7) is 3.51. The number of hydrogen-bond donors (Lipinski definition) is 1. The van der Waals surface area contributed by atoms with Crippen molar-refractivity contribution in [3.63, 3.8) is 0 Å². The predicted octanol–water partition coefficient (Wildman–Crippen LogP) is 1.07. The zero-order chi connectivity index (χ0) is 15.7. The van der Waals surface area contributed by atoms with Crippen molar-refractivity contribution in [3.8, 4) is 0 Å². The Labute approximate surface area is 128 Å². The molecular weight excluding hydrogens is 286 g/mol. The highest BCUT2D eigenvalue weighted by Gasteiger charge is 2.33. The van der Waals surface area contributed by atoms with E-state index in [1.165, 1.54) is 0 Å². The first-order valence-corrected chi connectivity index (χ1v) is 7.41. The second-order valence-electron chi connectivity index (χ2n) is 5.77. The van der Waals surface area contributed by atoms with Gasteiger partial charge in [0.15, 0.2) is 6.10 Å². The van der Waals surface area contributed by atoms with Gasteiger partial charge < -0.3 is 19.5 Å². The van der Waals surface area contributed by atoms with Gasteiger partial charge in [0.2, 0.25) is 0 Å². The van der Waals surface area contributed by atoms with Crippen LogP contribution in [-0.2, 0) is 27.3 Å². The number of ether oxygens (including phenoxy) is 2. The fraction of sp³-hybridized carbons (Fsp3) is 0.500. The predicted molar refractivity (Wildman–Crippen MR) is 77.7 cm³/mol. The van der Waals surface area contributed by atoms with Crippen LogP contribution in [0.15, 0.2) is 18.2 Å². The van der Waals surface area contributed by atoms with E-state index in [4.69, 9.17) is 14.6 Å². The van der Waals surface area contributed by atoms with Crippen molar-refractivity contribution in [3.05, 3.63) is 34.9 Å². The molecule has 1 N–H and O–H groups in total. The smallest absolute Gasteiger partial charge is 0.334 e. The molecule has 2 aliphatic heterocycles. The summed E-state index contributed by atoms with van der Waals surface area (Å²) in [5.41, 5.74) is 2.84. The Morgan fingerprint density at radius 2 is 2.09 bits per heavy atom. The lowest BCUT2D eigenvalue weighted by Crippen LogP contribution is -2.51. The van der Waals surface area contributed by atoms with E-state index in [0.717, 1.165) is 17.5 Å². The Morgan fingerprint density at radius 1 is 1.27 bits per heavy atom. The van der Waals surface area contributed by atoms with Crippen molar-refractivity contribution in [2.24, 2.45) is 0 Å². The molecule has 0 bridgehead atoms. The van der Waals surface area contributed by atoms with Crippen LogP contribution in [0.25, 0.3) is 0 Å². The zero-order valence-electron chi connectivity index (χ0n) is 12.4. The van der Waals surface area contributed by atoms with E-state index in [1.807, 2.05) is 12.1 Å². The standard InChI is InChI=1S/C16H19NO5/c1-10-7-17(8-14(22-10)16(19)20)15(18)12-2-3-13-9-21-5-4-11(13)6-12/h2-3,6,10,14H,4-5,7-9H2,1H3,(H,19,20)/t10-,14-/m1/s1. The number of aliphatic carboxylic acids is 1. The van der Waals surface area contributed by atoms with Crippen molar-refractivity contribution in [1.29, 1.82) is 0 Å². The average molecular weight is 305 g/mol. The SMILES string of the molecule is C[C@@H]1CN(C(=O)c2ccc3c(c2)CCOC3)C[C@H](C(=O)O)O1. The number of benzene rings is 1. The molecule has 1 aromatic carbocycles. The molecule has 2 aliphatic rings. The summed E-state index contributed by atoms with van der Waals surface area (Å²) in [5, 5.41) is 9.11. The zero-order valence-corrected chi connectivity index (χ0v) is 12.4. The van der Waals surface area contributed by atoms with Crippen molar-refractivity contribution < 1.29 is 24.2 Å². The van der Waals surface area contributed by atoms with E-state index in [2.05, 4.69) is 0 Å². The monoisotopic (exact) mass is 305 g/mol. The fourth-order valence-electron chi connectivity index (χ4n) is 2.93. The molecule has 0 radical (unpaired) electrons. The van der Waals surface area contributed by atoms with Crippen LogP contribution in [0.2, 0.25) is 0 Å². The Morgan fingerprint density at radius 3 is 2.86 bits per heavy atom. The largest absolute Gasteiger partial charge is 0.479 e. The van der Waals surface area contributed by atoms with Gasteiger partial charge in [-0.3, -0.25) is 4.79 Å². The number of morpholine rings is 1. The number of carboxylic acid groups (broad SMARTS) is 1. The summed E-state index contributed by atoms with van der Waals surface area (Å²) in [7, 11) is 0. The first-order chi connectivity index (χ1) is 10.5. The van der Waals surface area contributed by atoms with E-state index in [9.17, 15) is 9.59 Å². The van der Waals surface area contributed by atoms with Crippen LogP contribution in [0, 0.1) is 0 Å². The van der Waals surface area contributed by atoms with Crippen molar-refractivity contribution in [2.45, 2.75) is 32.2 Å². The third-order valence-electron chi connectivity index (χ3n) is 4.05. The number of rotatable bonds is 2. The maximum Gasteiger partial charge on any atom is 0.334 e. The van der Waals surface area contributed by atoms with Gasteiger partial charge >= 0.3 is 5.97 Å². The number of carbonyl (C=O) groups is 2. The first-order valence-electron chi connectivity index (χ1n) is 7.41. The fourth-order valence-corrected chi connectivity index (χ4v) is 2.93. The van der Waals surface area contributed by atoms with Gasteiger partial charge in [0.05, 0.1) is 25.9 Å². The number of carbonyl (C=O) groups excluding carboxylic acids is 1. The number of carboxylic acids is 1. The lowest BCUT2D eigenvalue weighted by molar-refractivity contribution is -0.160. The second-order valence-corrected chi connectivity index (χ2v) is 5.77. The lowest BCUT2D eigenvalue weighted by atomic mass is 9.99. The molecule has 0 saturated carbocycles. The summed E-state index contributed by atoms with van der Waals surface area (Å²) < 4.78 is 10.7. The molecule has 6 nitrogen and oxygen atoms in total. The molecule has 0 unspecified atom stereocenters. The topological polar surface area (TPSA) is 76.1 Å². The maximum atomic E-state index is 12.6. The molecule has 1 fully saturated rings. The lowest BCUT2D eigenvalue weighted by Gasteiger charge is -2.35. The van der Waals surface area contributed by atoms with Crippen LogP contribution in [0.1, 0.15) is 28.4 Å². The molecule has 1 aromatic rings. The summed E-state index contributed by atoms with van der Waals surface area (Å²) in [6.07, 6.45) is -0.447. The highest BCUT2D eigenvalue weighted by Crippen LogP contribution is 2.21. The molecule has 118 valence electrons. The third-order valence-corrected chi connectivity index (χ3v) is 4.05. The van der Waals surface area contributed by atoms with E-state index < -0.39 is 12.1 Å². The molecule has 1 saturated heterocycles. The summed E-state index contributed by atoms with van der Waals surface area (Å²) in [5.74, 6) is -1.18. The van der Waals surface area contributed by atoms with Gasteiger partial charge in [-0.1, -0.05) is 6.07 Å². The van der Waals surface area contributed by atoms with Gasteiger partial charge in [-0.05, 0) is 36.6 Å². The Balaban J connectivity index is 1.79. The van der Waals surface area contributed by atoms with Crippen LogP contribution in [-0.4, -0.2) is 53.8 Å². The van der Waals surface area contributed by atoms with Crippen molar-refractivity contribution >= 4 is 11.9 Å². The molecule has 22 heavy (non-hydrogen) atoms. The molecule has 6 heteroatoms. The highest BCUT2D eigenvalue weighted by atomic mass is 16.5. The van der Waals surface area contributed by atoms with Gasteiger partial charge in [-0.2, -0.15) is 0 Å².